The van der Waals surface area contributed by atoms with Gasteiger partial charge in [-0.05, 0) is 44.2 Å². The molecule has 1 heterocycles. The van der Waals surface area contributed by atoms with Crippen molar-refractivity contribution in [1.82, 2.24) is 9.78 Å². The Morgan fingerprint density at radius 3 is 2.11 bits per heavy atom. The first-order chi connectivity index (χ1) is 13.3. The average molecular weight is 397 g/mol. The van der Waals surface area contributed by atoms with Crippen LogP contribution in [-0.4, -0.2) is 24.1 Å². The number of hydrogen-bond donors (Lipinski definition) is 1. The lowest BCUT2D eigenvalue weighted by atomic mass is 10.2. The summed E-state index contributed by atoms with van der Waals surface area (Å²) in [6.45, 7) is 3.38. The summed E-state index contributed by atoms with van der Waals surface area (Å²) in [7, 11) is -3.90. The summed E-state index contributed by atoms with van der Waals surface area (Å²) in [6.07, 6.45) is 0. The molecule has 0 fully saturated rings. The van der Waals surface area contributed by atoms with E-state index in [-0.39, 0.29) is 9.92 Å². The number of benzene rings is 2. The van der Waals surface area contributed by atoms with Crippen molar-refractivity contribution >= 4 is 21.4 Å². The van der Waals surface area contributed by atoms with Gasteiger partial charge in [0, 0.05) is 11.8 Å². The van der Waals surface area contributed by atoms with Crippen LogP contribution in [0, 0.1) is 13.8 Å². The van der Waals surface area contributed by atoms with Gasteiger partial charge in [0.2, 0.25) is 15.7 Å². The smallest absolute Gasteiger partial charge is 0.267 e. The molecule has 0 aliphatic rings. The molecule has 0 aliphatic heterocycles. The molecule has 0 saturated heterocycles. The van der Waals surface area contributed by atoms with Gasteiger partial charge < -0.3 is 5.32 Å². The van der Waals surface area contributed by atoms with E-state index in [0.717, 1.165) is 27.9 Å². The van der Waals surface area contributed by atoms with E-state index in [2.05, 4.69) is 10.4 Å². The molecule has 3 rings (SSSR count). The molecule has 8 heteroatoms. The fourth-order valence-electron chi connectivity index (χ4n) is 2.50. The van der Waals surface area contributed by atoms with E-state index in [0.29, 0.717) is 5.69 Å². The van der Waals surface area contributed by atoms with Crippen molar-refractivity contribution in [2.75, 3.05) is 5.32 Å². The molecule has 0 spiro atoms. The minimum atomic E-state index is -3.90. The van der Waals surface area contributed by atoms with Gasteiger partial charge in [-0.25, -0.2) is 13.1 Å². The summed E-state index contributed by atoms with van der Waals surface area (Å²) in [4.78, 5) is 24.3. The molecule has 0 saturated carbocycles. The molecule has 0 unspecified atom stereocenters. The highest BCUT2D eigenvalue weighted by atomic mass is 32.2. The first-order valence-corrected chi connectivity index (χ1v) is 10.0. The number of anilines is 1. The van der Waals surface area contributed by atoms with Gasteiger partial charge in [-0.15, -0.1) is 0 Å². The summed E-state index contributed by atoms with van der Waals surface area (Å²) in [5, 5.41) is 6.25. The highest BCUT2D eigenvalue weighted by molar-refractivity contribution is 7.91. The summed E-state index contributed by atoms with van der Waals surface area (Å²) in [5.74, 6) is -0.483. The zero-order valence-electron chi connectivity index (χ0n) is 15.4. The maximum Gasteiger partial charge on any atom is 0.267 e. The van der Waals surface area contributed by atoms with Gasteiger partial charge >= 0.3 is 0 Å². The molecule has 0 aliphatic carbocycles. The summed E-state index contributed by atoms with van der Waals surface area (Å²) >= 11 is 0. The van der Waals surface area contributed by atoms with Crippen molar-refractivity contribution in [1.29, 1.82) is 0 Å². The van der Waals surface area contributed by atoms with Crippen LogP contribution in [0.5, 0.6) is 0 Å². The molecule has 28 heavy (non-hydrogen) atoms. The number of aryl methyl sites for hydroxylation is 2. The van der Waals surface area contributed by atoms with Crippen molar-refractivity contribution in [2.45, 2.75) is 30.3 Å². The highest BCUT2D eigenvalue weighted by Gasteiger charge is 2.21. The molecule has 0 bridgehead atoms. The van der Waals surface area contributed by atoms with Gasteiger partial charge in [0.25, 0.3) is 5.56 Å². The predicted octanol–water partition coefficient (Wildman–Crippen LogP) is 2.33. The summed E-state index contributed by atoms with van der Waals surface area (Å²) < 4.78 is 26.3. The fraction of sp³-hybridized carbons (Fsp3) is 0.150. The molecule has 1 aromatic heterocycles. The number of carbonyl (C=O) groups excluding carboxylic acids is 1. The number of sulfone groups is 1. The van der Waals surface area contributed by atoms with Crippen molar-refractivity contribution in [2.24, 2.45) is 0 Å². The Balaban J connectivity index is 1.85. The van der Waals surface area contributed by atoms with Gasteiger partial charge in [-0.2, -0.15) is 5.10 Å². The average Bonchev–Trinajstić information content (AvgIpc) is 2.65. The molecule has 144 valence electrons. The quantitative estimate of drug-likeness (QED) is 0.713. The Bertz CT molecular complexity index is 1170. The molecular weight excluding hydrogens is 378 g/mol. The monoisotopic (exact) mass is 397 g/mol. The molecule has 3 aromatic rings. The fourth-order valence-corrected chi connectivity index (χ4v) is 3.69. The number of nitrogens with zero attached hydrogens (tertiary/aromatic N) is 2. The number of aromatic nitrogens is 2. The number of nitrogens with one attached hydrogen (secondary N) is 1. The minimum Gasteiger partial charge on any atom is -0.324 e. The second kappa shape index (κ2) is 7.77. The van der Waals surface area contributed by atoms with E-state index < -0.39 is 27.8 Å². The normalized spacial score (nSPS) is 11.2. The van der Waals surface area contributed by atoms with Crippen molar-refractivity contribution < 1.29 is 13.2 Å². The maximum atomic E-state index is 12.7. The largest absolute Gasteiger partial charge is 0.324 e. The number of hydrogen-bond acceptors (Lipinski definition) is 5. The molecule has 0 atom stereocenters. The molecule has 1 amide bonds. The van der Waals surface area contributed by atoms with Crippen molar-refractivity contribution in [3.05, 3.63) is 82.1 Å². The van der Waals surface area contributed by atoms with E-state index >= 15 is 0 Å². The van der Waals surface area contributed by atoms with E-state index in [1.807, 2.05) is 26.0 Å². The van der Waals surface area contributed by atoms with Crippen LogP contribution in [0.4, 0.5) is 5.69 Å². The Kier molecular flexibility index (Phi) is 5.41. The van der Waals surface area contributed by atoms with E-state index in [9.17, 15) is 18.0 Å². The summed E-state index contributed by atoms with van der Waals surface area (Å²) in [6, 6.07) is 15.7. The van der Waals surface area contributed by atoms with Crippen LogP contribution in [0.2, 0.25) is 0 Å². The van der Waals surface area contributed by atoms with Crippen LogP contribution in [0.15, 0.2) is 75.4 Å². The third kappa shape index (κ3) is 4.34. The van der Waals surface area contributed by atoms with E-state index in [1.54, 1.807) is 24.3 Å². The lowest BCUT2D eigenvalue weighted by molar-refractivity contribution is -0.117. The Morgan fingerprint density at radius 1 is 0.929 bits per heavy atom. The predicted molar refractivity (Wildman–Crippen MR) is 105 cm³/mol. The zero-order chi connectivity index (χ0) is 20.3. The van der Waals surface area contributed by atoms with Crippen LogP contribution in [-0.2, 0) is 21.2 Å². The number of carbonyl (C=O) groups is 1. The van der Waals surface area contributed by atoms with Gasteiger partial charge in [-0.3, -0.25) is 9.59 Å². The Labute approximate surface area is 162 Å². The van der Waals surface area contributed by atoms with Crippen molar-refractivity contribution in [3.8, 4) is 0 Å². The molecule has 2 aromatic carbocycles. The Hall–Kier alpha value is -3.26. The summed E-state index contributed by atoms with van der Waals surface area (Å²) in [5.41, 5.74) is 1.98. The van der Waals surface area contributed by atoms with Crippen molar-refractivity contribution in [3.63, 3.8) is 0 Å². The maximum absolute atomic E-state index is 12.7. The van der Waals surface area contributed by atoms with Crippen LogP contribution < -0.4 is 10.9 Å². The van der Waals surface area contributed by atoms with Crippen LogP contribution in [0.25, 0.3) is 0 Å². The third-order valence-corrected chi connectivity index (χ3v) is 5.74. The molecule has 0 radical (unpaired) electrons. The SMILES string of the molecule is Cc1ccc(NC(=O)Cn2nc(S(=O)(=O)c3ccc(C)cc3)ccc2=O)cc1. The molecule has 7 nitrogen and oxygen atoms in total. The van der Waals surface area contributed by atoms with Crippen LogP contribution in [0.3, 0.4) is 0 Å². The third-order valence-electron chi connectivity index (χ3n) is 4.08. The Morgan fingerprint density at radius 2 is 1.50 bits per heavy atom. The second-order valence-corrected chi connectivity index (χ2v) is 8.29. The van der Waals surface area contributed by atoms with Crippen LogP contribution >= 0.6 is 0 Å². The van der Waals surface area contributed by atoms with Crippen LogP contribution in [0.1, 0.15) is 11.1 Å². The molecule has 1 N–H and O–H groups in total. The minimum absolute atomic E-state index is 0.0694. The van der Waals surface area contributed by atoms with E-state index in [4.69, 9.17) is 0 Å². The van der Waals surface area contributed by atoms with Gasteiger partial charge in [-0.1, -0.05) is 35.4 Å². The van der Waals surface area contributed by atoms with Gasteiger partial charge in [0.15, 0.2) is 5.03 Å². The first kappa shape index (κ1) is 19.5. The lowest BCUT2D eigenvalue weighted by Crippen LogP contribution is -2.30. The van der Waals surface area contributed by atoms with E-state index in [1.165, 1.54) is 12.1 Å². The lowest BCUT2D eigenvalue weighted by Gasteiger charge is -2.09. The number of rotatable bonds is 5. The molecular formula is C20H19N3O4S. The topological polar surface area (TPSA) is 98.1 Å². The van der Waals surface area contributed by atoms with Gasteiger partial charge in [0.1, 0.15) is 6.54 Å². The highest BCUT2D eigenvalue weighted by Crippen LogP contribution is 2.18. The van der Waals surface area contributed by atoms with Gasteiger partial charge in [0.05, 0.1) is 4.90 Å². The number of amides is 1. The second-order valence-electron chi connectivity index (χ2n) is 6.40. The standard InChI is InChI=1S/C20H19N3O4S/c1-14-3-7-16(8-4-14)21-18(24)13-23-20(25)12-11-19(22-23)28(26,27)17-9-5-15(2)6-10-17/h3-12H,13H2,1-2H3,(H,21,24). The zero-order valence-corrected chi connectivity index (χ0v) is 16.2. The first-order valence-electron chi connectivity index (χ1n) is 8.52.